The molecule has 6 fully saturated rings. The van der Waals surface area contributed by atoms with Crippen LogP contribution in [0.3, 0.4) is 0 Å². The van der Waals surface area contributed by atoms with E-state index in [9.17, 15) is 35.7 Å². The quantitative estimate of drug-likeness (QED) is 0.199. The molecule has 0 bridgehead atoms. The van der Waals surface area contributed by atoms with Gasteiger partial charge in [-0.25, -0.2) is 0 Å². The van der Waals surface area contributed by atoms with Crippen molar-refractivity contribution in [2.75, 3.05) is 13.2 Å². The monoisotopic (exact) mass is 636 g/mol. The molecule has 5 aliphatic carbocycles. The molecule has 9 heteroatoms. The van der Waals surface area contributed by atoms with Crippen molar-refractivity contribution < 1.29 is 45.2 Å². The molecule has 1 unspecified atom stereocenters. The van der Waals surface area contributed by atoms with Crippen molar-refractivity contribution in [2.24, 2.45) is 50.7 Å². The number of fused-ring (bicyclic) bond motifs is 2. The first-order valence-corrected chi connectivity index (χ1v) is 17.6. The van der Waals surface area contributed by atoms with E-state index in [1.165, 1.54) is 0 Å². The summed E-state index contributed by atoms with van der Waals surface area (Å²) in [6.45, 7) is 13.3. The van der Waals surface area contributed by atoms with E-state index in [2.05, 4.69) is 40.7 Å². The molecule has 0 aromatic rings. The maximum atomic E-state index is 11.7. The maximum absolute atomic E-state index is 11.7. The lowest BCUT2D eigenvalue weighted by molar-refractivity contribution is -0.299. The molecular weight excluding hydrogens is 576 g/mol. The van der Waals surface area contributed by atoms with Crippen LogP contribution in [0, 0.1) is 50.7 Å². The third kappa shape index (κ3) is 4.73. The van der Waals surface area contributed by atoms with Gasteiger partial charge in [0.15, 0.2) is 6.29 Å². The lowest BCUT2D eigenvalue weighted by Gasteiger charge is -2.63. The Kier molecular flexibility index (Phi) is 8.74. The van der Waals surface area contributed by atoms with Crippen molar-refractivity contribution >= 4 is 0 Å². The number of allylic oxidation sites excluding steroid dienone is 1. The van der Waals surface area contributed by atoms with Crippen molar-refractivity contribution in [1.29, 1.82) is 0 Å². The molecule has 2 spiro atoms. The molecule has 16 atom stereocenters. The molecule has 1 saturated heterocycles. The molecule has 0 aromatic heterocycles. The molecule has 5 saturated carbocycles. The van der Waals surface area contributed by atoms with Crippen LogP contribution in [0.4, 0.5) is 0 Å². The molecule has 0 aromatic carbocycles. The molecule has 6 rings (SSSR count). The van der Waals surface area contributed by atoms with Gasteiger partial charge in [0.05, 0.1) is 31.5 Å². The topological polar surface area (TPSA) is 160 Å². The van der Waals surface area contributed by atoms with Crippen LogP contribution < -0.4 is 0 Å². The van der Waals surface area contributed by atoms with E-state index in [4.69, 9.17) is 9.47 Å². The average molecular weight is 637 g/mol. The molecule has 45 heavy (non-hydrogen) atoms. The highest BCUT2D eigenvalue weighted by Gasteiger charge is 2.85. The Morgan fingerprint density at radius 3 is 2.29 bits per heavy atom. The number of hydrogen-bond acceptors (Lipinski definition) is 9. The minimum Gasteiger partial charge on any atom is -0.394 e. The smallest absolute Gasteiger partial charge is 0.187 e. The fourth-order valence-corrected chi connectivity index (χ4v) is 12.7. The minimum atomic E-state index is -1.46. The van der Waals surface area contributed by atoms with Gasteiger partial charge in [-0.1, -0.05) is 46.3 Å². The van der Waals surface area contributed by atoms with E-state index in [0.29, 0.717) is 24.2 Å². The summed E-state index contributed by atoms with van der Waals surface area (Å²) in [5.74, 6) is 1.33. The second kappa shape index (κ2) is 11.5. The summed E-state index contributed by atoms with van der Waals surface area (Å²) in [6.07, 6.45) is 2.90. The van der Waals surface area contributed by atoms with Gasteiger partial charge in [0.25, 0.3) is 0 Å². The lowest BCUT2D eigenvalue weighted by Crippen LogP contribution is -2.61. The second-order valence-corrected chi connectivity index (χ2v) is 17.4. The number of hydrogen-bond donors (Lipinski definition) is 7. The molecule has 9 nitrogen and oxygen atoms in total. The van der Waals surface area contributed by atoms with Gasteiger partial charge in [0, 0.05) is 11.8 Å². The van der Waals surface area contributed by atoms with E-state index >= 15 is 0 Å². The summed E-state index contributed by atoms with van der Waals surface area (Å²) >= 11 is 0. The van der Waals surface area contributed by atoms with Crippen molar-refractivity contribution in [3.63, 3.8) is 0 Å². The van der Waals surface area contributed by atoms with E-state index in [0.717, 1.165) is 56.9 Å². The van der Waals surface area contributed by atoms with Gasteiger partial charge >= 0.3 is 0 Å². The summed E-state index contributed by atoms with van der Waals surface area (Å²) in [4.78, 5) is 0. The van der Waals surface area contributed by atoms with E-state index in [1.807, 2.05) is 6.92 Å². The Bertz CT molecular complexity index is 1140. The zero-order valence-electron chi connectivity index (χ0n) is 28.2. The SMILES string of the molecule is C/C(=C\CC[C@@H](C)[C@H]1[C@@H](O)C[C@@]2(C)[C@@H]3CC[C@H]4C(C)(C)[C@@H](O)CC(O)[C@@]45C[C@@]35CC[C@]12C)CO[C@@H]1O[C@H](CO)[C@@H](O)[C@H](O)[C@H]1O. The highest BCUT2D eigenvalue weighted by atomic mass is 16.7. The largest absolute Gasteiger partial charge is 0.394 e. The van der Waals surface area contributed by atoms with Gasteiger partial charge in [-0.15, -0.1) is 0 Å². The fourth-order valence-electron chi connectivity index (χ4n) is 12.7. The zero-order chi connectivity index (χ0) is 32.9. The van der Waals surface area contributed by atoms with Crippen LogP contribution in [0.2, 0.25) is 0 Å². The Morgan fingerprint density at radius 2 is 1.60 bits per heavy atom. The number of rotatable bonds is 8. The van der Waals surface area contributed by atoms with Gasteiger partial charge < -0.3 is 45.2 Å². The minimum absolute atomic E-state index is 0.00296. The summed E-state index contributed by atoms with van der Waals surface area (Å²) in [5, 5.41) is 73.9. The summed E-state index contributed by atoms with van der Waals surface area (Å²) in [5.41, 5.74) is 0.822. The first-order valence-electron chi connectivity index (χ1n) is 17.6. The van der Waals surface area contributed by atoms with Crippen LogP contribution in [0.5, 0.6) is 0 Å². The van der Waals surface area contributed by atoms with Crippen LogP contribution in [-0.4, -0.2) is 98.0 Å². The zero-order valence-corrected chi connectivity index (χ0v) is 28.2. The molecule has 1 aliphatic heterocycles. The van der Waals surface area contributed by atoms with Crippen LogP contribution >= 0.6 is 0 Å². The van der Waals surface area contributed by atoms with Gasteiger partial charge in [0.1, 0.15) is 24.4 Å². The van der Waals surface area contributed by atoms with Gasteiger partial charge in [-0.2, -0.15) is 0 Å². The Morgan fingerprint density at radius 1 is 0.911 bits per heavy atom. The molecule has 0 amide bonds. The summed E-state index contributed by atoms with van der Waals surface area (Å²) in [6, 6.07) is 0. The Hall–Kier alpha value is -0.620. The molecule has 6 aliphatic rings. The van der Waals surface area contributed by atoms with Gasteiger partial charge in [0.2, 0.25) is 0 Å². The Labute approximate surface area is 269 Å². The van der Waals surface area contributed by atoms with E-state index < -0.39 is 49.5 Å². The molecule has 1 heterocycles. The van der Waals surface area contributed by atoms with Crippen molar-refractivity contribution in [3.8, 4) is 0 Å². The standard InChI is InChI=1S/C36H60O9/c1-19(17-44-31-30(43)29(42)28(41)22(16-37)45-31)8-7-9-20(2)27-21(38)15-34(6)24-11-10-23-32(3,4)25(39)14-26(40)36(23)18-35(24,36)13-12-33(27,34)5/h8,20-31,37-43H,7,9-18H2,1-6H3/b19-8+/t20-,21+,22-,23+,24+,25+,26?,27+,28-,29+,30-,31-,33-,34+,35+,36-/m1/s1. The van der Waals surface area contributed by atoms with Crippen LogP contribution in [0.25, 0.3) is 0 Å². The van der Waals surface area contributed by atoms with Crippen molar-refractivity contribution in [3.05, 3.63) is 11.6 Å². The third-order valence-corrected chi connectivity index (χ3v) is 15.2. The van der Waals surface area contributed by atoms with Gasteiger partial charge in [-0.05, 0) is 104 Å². The third-order valence-electron chi connectivity index (χ3n) is 15.2. The number of aliphatic hydroxyl groups excluding tert-OH is 7. The average Bonchev–Trinajstić information content (AvgIpc) is 3.62. The second-order valence-electron chi connectivity index (χ2n) is 17.4. The first kappa shape index (κ1) is 34.3. The predicted octanol–water partition coefficient (Wildman–Crippen LogP) is 2.91. The van der Waals surface area contributed by atoms with Crippen LogP contribution in [0.1, 0.15) is 99.3 Å². The lowest BCUT2D eigenvalue weighted by atomic mass is 9.41. The highest BCUT2D eigenvalue weighted by Crippen LogP contribution is 2.89. The molecule has 7 N–H and O–H groups in total. The molecule has 258 valence electrons. The molecule has 0 radical (unpaired) electrons. The number of ether oxygens (including phenoxy) is 2. The predicted molar refractivity (Wildman–Crippen MR) is 168 cm³/mol. The number of aliphatic hydroxyl groups is 7. The van der Waals surface area contributed by atoms with Crippen LogP contribution in [0.15, 0.2) is 11.6 Å². The maximum Gasteiger partial charge on any atom is 0.187 e. The summed E-state index contributed by atoms with van der Waals surface area (Å²) < 4.78 is 11.2. The summed E-state index contributed by atoms with van der Waals surface area (Å²) in [7, 11) is 0. The normalized spacial score (nSPS) is 54.4. The van der Waals surface area contributed by atoms with E-state index in [1.54, 1.807) is 0 Å². The van der Waals surface area contributed by atoms with Crippen LogP contribution in [-0.2, 0) is 9.47 Å². The first-order chi connectivity index (χ1) is 21.0. The Balaban J connectivity index is 1.10. The molecular formula is C36H60O9. The van der Waals surface area contributed by atoms with Gasteiger partial charge in [-0.3, -0.25) is 0 Å². The van der Waals surface area contributed by atoms with Crippen molar-refractivity contribution in [2.45, 2.75) is 148 Å². The van der Waals surface area contributed by atoms with E-state index in [-0.39, 0.29) is 45.7 Å². The highest BCUT2D eigenvalue weighted by molar-refractivity contribution is 5.33. The van der Waals surface area contributed by atoms with Crippen molar-refractivity contribution in [1.82, 2.24) is 0 Å². The fraction of sp³-hybridized carbons (Fsp3) is 0.944.